The molecule has 164 valence electrons. The van der Waals surface area contributed by atoms with Crippen LogP contribution in [0.2, 0.25) is 0 Å². The van der Waals surface area contributed by atoms with Crippen molar-refractivity contribution < 1.29 is 13.2 Å². The molecule has 0 unspecified atom stereocenters. The number of nitrogens with one attached hydrogen (secondary N) is 3. The maximum absolute atomic E-state index is 12.3. The first-order valence-electron chi connectivity index (χ1n) is 10.0. The molecule has 0 atom stereocenters. The molecule has 1 heterocycles. The lowest BCUT2D eigenvalue weighted by molar-refractivity contribution is 0.416. The smallest absolute Gasteiger partial charge is 0.240 e. The molecule has 0 saturated carbocycles. The molecule has 0 aliphatic rings. The summed E-state index contributed by atoms with van der Waals surface area (Å²) in [6, 6.07) is 12.6. The molecule has 31 heavy (non-hydrogen) atoms. The minimum atomic E-state index is -3.62. The van der Waals surface area contributed by atoms with Gasteiger partial charge in [-0.05, 0) is 50.7 Å². The Morgan fingerprint density at radius 3 is 2.58 bits per heavy atom. The van der Waals surface area contributed by atoms with E-state index in [2.05, 4.69) is 21.9 Å². The van der Waals surface area contributed by atoms with Crippen LogP contribution < -0.4 is 14.8 Å². The summed E-state index contributed by atoms with van der Waals surface area (Å²) < 4.78 is 32.5. The van der Waals surface area contributed by atoms with E-state index in [9.17, 15) is 8.42 Å². The lowest BCUT2D eigenvalue weighted by atomic mass is 10.0. The van der Waals surface area contributed by atoms with Crippen LogP contribution in [0.15, 0.2) is 64.0 Å². The summed E-state index contributed by atoms with van der Waals surface area (Å²) in [6.07, 6.45) is 2.89. The fourth-order valence-corrected chi connectivity index (χ4v) is 4.01. The molecule has 8 heteroatoms. The van der Waals surface area contributed by atoms with Crippen molar-refractivity contribution in [3.8, 4) is 5.75 Å². The zero-order valence-corrected chi connectivity index (χ0v) is 19.2. The van der Waals surface area contributed by atoms with Gasteiger partial charge in [0.1, 0.15) is 17.3 Å². The molecule has 1 aromatic heterocycles. The van der Waals surface area contributed by atoms with Gasteiger partial charge in [0.15, 0.2) is 0 Å². The Labute approximate surface area is 183 Å². The number of H-pyrrole nitrogens is 1. The Hall–Kier alpha value is -3.10. The number of sulfonamides is 1. The average molecular weight is 441 g/mol. The van der Waals surface area contributed by atoms with Crippen molar-refractivity contribution in [2.75, 3.05) is 26.5 Å². The fourth-order valence-electron chi connectivity index (χ4n) is 3.26. The van der Waals surface area contributed by atoms with Crippen molar-refractivity contribution in [3.05, 3.63) is 59.7 Å². The zero-order valence-electron chi connectivity index (χ0n) is 18.4. The summed E-state index contributed by atoms with van der Waals surface area (Å²) >= 11 is 0. The minimum Gasteiger partial charge on any atom is -0.494 e. The number of aromatic nitrogens is 1. The maximum Gasteiger partial charge on any atom is 0.240 e. The van der Waals surface area contributed by atoms with Gasteiger partial charge in [0.25, 0.3) is 0 Å². The first-order valence-corrected chi connectivity index (χ1v) is 11.5. The van der Waals surface area contributed by atoms with Crippen LogP contribution in [0.4, 0.5) is 11.5 Å². The van der Waals surface area contributed by atoms with Crippen LogP contribution in [0, 0.1) is 0 Å². The summed E-state index contributed by atoms with van der Waals surface area (Å²) in [5.41, 5.74) is 4.18. The molecule has 2 aromatic carbocycles. The number of fused-ring (bicyclic) bond motifs is 1. The predicted octanol–water partition coefficient (Wildman–Crippen LogP) is 4.60. The molecule has 0 fully saturated rings. The number of para-hydroxylation sites is 1. The van der Waals surface area contributed by atoms with Gasteiger partial charge >= 0.3 is 0 Å². The Bertz CT molecular complexity index is 1260. The van der Waals surface area contributed by atoms with E-state index in [1.54, 1.807) is 6.07 Å². The molecule has 0 bridgehead atoms. The van der Waals surface area contributed by atoms with Crippen LogP contribution in [0.3, 0.4) is 0 Å². The van der Waals surface area contributed by atoms with E-state index in [1.807, 2.05) is 44.3 Å². The first-order chi connectivity index (χ1) is 14.8. The second-order valence-electron chi connectivity index (χ2n) is 7.05. The number of hydrogen-bond donors (Lipinski definition) is 3. The van der Waals surface area contributed by atoms with Crippen molar-refractivity contribution in [2.45, 2.75) is 25.2 Å². The van der Waals surface area contributed by atoms with Gasteiger partial charge in [-0.3, -0.25) is 0 Å². The van der Waals surface area contributed by atoms with Gasteiger partial charge in [0, 0.05) is 23.5 Å². The van der Waals surface area contributed by atoms with Crippen molar-refractivity contribution in [1.82, 2.24) is 9.71 Å². The van der Waals surface area contributed by atoms with Crippen molar-refractivity contribution in [2.24, 2.45) is 4.99 Å². The van der Waals surface area contributed by atoms with Crippen LogP contribution >= 0.6 is 0 Å². The third-order valence-corrected chi connectivity index (χ3v) is 6.54. The quantitative estimate of drug-likeness (QED) is 0.446. The summed E-state index contributed by atoms with van der Waals surface area (Å²) in [4.78, 5) is 8.40. The summed E-state index contributed by atoms with van der Waals surface area (Å²) in [5.74, 6) is 1.32. The van der Waals surface area contributed by atoms with Gasteiger partial charge < -0.3 is 15.0 Å². The lowest BCUT2D eigenvalue weighted by Crippen LogP contribution is -2.18. The number of benzene rings is 2. The van der Waals surface area contributed by atoms with Crippen molar-refractivity contribution in [3.63, 3.8) is 0 Å². The fraction of sp³-hybridized carbons (Fsp3) is 0.261. The molecule has 7 nitrogen and oxygen atoms in total. The SMILES string of the molecule is CC/C(C)=C/C(=Nc1cc(S(=O)(=O)NC)ccc1OC)c1c(NC)[nH]c2ccccc12. The average Bonchev–Trinajstić information content (AvgIpc) is 3.17. The van der Waals surface area contributed by atoms with Gasteiger partial charge in [-0.1, -0.05) is 30.7 Å². The molecule has 0 saturated heterocycles. The third kappa shape index (κ3) is 4.65. The highest BCUT2D eigenvalue weighted by Gasteiger charge is 2.18. The standard InChI is InChI=1S/C23H28N4O3S/c1-6-15(2)13-20(22-17-9-7-8-10-18(17)27-23(22)24-3)26-19-14-16(31(28,29)25-4)11-12-21(19)30-5/h7-14,24-25,27H,6H2,1-5H3/b15-13+,26-20?. The molecular formula is C23H28N4O3S. The Morgan fingerprint density at radius 2 is 1.94 bits per heavy atom. The Morgan fingerprint density at radius 1 is 1.19 bits per heavy atom. The van der Waals surface area contributed by atoms with Crippen LogP contribution in [0.25, 0.3) is 10.9 Å². The molecule has 0 radical (unpaired) electrons. The minimum absolute atomic E-state index is 0.123. The monoisotopic (exact) mass is 440 g/mol. The van der Waals surface area contributed by atoms with E-state index in [0.29, 0.717) is 17.1 Å². The van der Waals surface area contributed by atoms with Gasteiger partial charge in [0.2, 0.25) is 10.0 Å². The van der Waals surface area contributed by atoms with Crippen LogP contribution in [0.1, 0.15) is 25.8 Å². The van der Waals surface area contributed by atoms with E-state index in [0.717, 1.165) is 34.3 Å². The van der Waals surface area contributed by atoms with E-state index in [4.69, 9.17) is 9.73 Å². The number of ether oxygens (including phenoxy) is 1. The topological polar surface area (TPSA) is 95.6 Å². The van der Waals surface area contributed by atoms with Crippen LogP contribution in [-0.2, 0) is 10.0 Å². The zero-order chi connectivity index (χ0) is 22.6. The highest BCUT2D eigenvalue weighted by molar-refractivity contribution is 7.89. The largest absolute Gasteiger partial charge is 0.494 e. The number of hydrogen-bond acceptors (Lipinski definition) is 5. The molecule has 3 N–H and O–H groups in total. The van der Waals surface area contributed by atoms with Crippen LogP contribution in [-0.4, -0.2) is 40.3 Å². The maximum atomic E-state index is 12.3. The Kier molecular flexibility index (Phi) is 6.82. The van der Waals surface area contributed by atoms with Gasteiger partial charge in [-0.25, -0.2) is 18.1 Å². The highest BCUT2D eigenvalue weighted by atomic mass is 32.2. The molecule has 3 aromatic rings. The van der Waals surface area contributed by atoms with Gasteiger partial charge in [0.05, 0.1) is 17.7 Å². The molecule has 0 spiro atoms. The van der Waals surface area contributed by atoms with E-state index in [1.165, 1.54) is 26.3 Å². The van der Waals surface area contributed by atoms with E-state index < -0.39 is 10.0 Å². The predicted molar refractivity (Wildman–Crippen MR) is 127 cm³/mol. The van der Waals surface area contributed by atoms with E-state index >= 15 is 0 Å². The van der Waals surface area contributed by atoms with Gasteiger partial charge in [-0.2, -0.15) is 0 Å². The summed E-state index contributed by atoms with van der Waals surface area (Å²) in [6.45, 7) is 4.13. The molecule has 0 amide bonds. The second kappa shape index (κ2) is 9.36. The summed E-state index contributed by atoms with van der Waals surface area (Å²) in [7, 11) is 1.15. The normalized spacial score (nSPS) is 12.9. The molecular weight excluding hydrogens is 412 g/mol. The number of aromatic amines is 1. The lowest BCUT2D eigenvalue weighted by Gasteiger charge is -2.11. The molecule has 0 aliphatic heterocycles. The van der Waals surface area contributed by atoms with Crippen LogP contribution in [0.5, 0.6) is 5.75 Å². The van der Waals surface area contributed by atoms with Crippen molar-refractivity contribution in [1.29, 1.82) is 0 Å². The second-order valence-corrected chi connectivity index (χ2v) is 8.94. The number of nitrogens with zero attached hydrogens (tertiary/aromatic N) is 1. The Balaban J connectivity index is 2.33. The number of anilines is 1. The first kappa shape index (κ1) is 22.6. The molecule has 3 rings (SSSR count). The highest BCUT2D eigenvalue weighted by Crippen LogP contribution is 2.34. The van der Waals surface area contributed by atoms with Crippen molar-refractivity contribution >= 4 is 38.1 Å². The number of rotatable bonds is 8. The molecule has 0 aliphatic carbocycles. The van der Waals surface area contributed by atoms with Gasteiger partial charge in [-0.15, -0.1) is 0 Å². The third-order valence-electron chi connectivity index (χ3n) is 5.12. The number of aliphatic imine (C=N–C) groups is 1. The number of methoxy groups -OCH3 is 1. The number of allylic oxidation sites excluding steroid dienone is 2. The summed E-state index contributed by atoms with van der Waals surface area (Å²) in [5, 5.41) is 4.23. The van der Waals surface area contributed by atoms with E-state index in [-0.39, 0.29) is 4.90 Å².